The predicted molar refractivity (Wildman–Crippen MR) is 170 cm³/mol. The molecule has 7 heteroatoms. The van der Waals surface area contributed by atoms with Gasteiger partial charge in [0, 0.05) is 37.2 Å². The molecule has 0 radical (unpaired) electrons. The van der Waals surface area contributed by atoms with E-state index in [1.807, 2.05) is 55.5 Å². The van der Waals surface area contributed by atoms with Gasteiger partial charge >= 0.3 is 6.03 Å². The third-order valence-corrected chi connectivity index (χ3v) is 8.55. The van der Waals surface area contributed by atoms with Gasteiger partial charge in [-0.05, 0) is 60.0 Å². The highest BCUT2D eigenvalue weighted by molar-refractivity contribution is 5.83. The van der Waals surface area contributed by atoms with E-state index in [0.29, 0.717) is 13.1 Å². The van der Waals surface area contributed by atoms with Gasteiger partial charge in [0.1, 0.15) is 0 Å². The van der Waals surface area contributed by atoms with Gasteiger partial charge < -0.3 is 25.2 Å². The molecule has 4 aromatic rings. The lowest BCUT2D eigenvalue weighted by molar-refractivity contribution is -0.276. The van der Waals surface area contributed by atoms with Crippen LogP contribution < -0.4 is 10.6 Å². The Morgan fingerprint density at radius 1 is 0.884 bits per heavy atom. The maximum Gasteiger partial charge on any atom is 0.315 e. The topological polar surface area (TPSA) is 83.1 Å². The number of nitrogens with zero attached hydrogens (tertiary/aromatic N) is 1. The molecule has 5 atom stereocenters. The van der Waals surface area contributed by atoms with E-state index in [2.05, 4.69) is 78.9 Å². The van der Waals surface area contributed by atoms with Gasteiger partial charge in [0.05, 0.1) is 18.8 Å². The zero-order chi connectivity index (χ0) is 30.3. The molecular formula is C36H43N3O4. The highest BCUT2D eigenvalue weighted by atomic mass is 16.7. The predicted octanol–water partition coefficient (Wildman–Crippen LogP) is 6.64. The minimum atomic E-state index is -0.543. The Morgan fingerprint density at radius 3 is 2.26 bits per heavy atom. The summed E-state index contributed by atoms with van der Waals surface area (Å²) in [5.41, 5.74) is 5.13. The minimum absolute atomic E-state index is 0.00842. The van der Waals surface area contributed by atoms with Crippen LogP contribution in [0, 0.1) is 5.92 Å². The zero-order valence-electron chi connectivity index (χ0n) is 25.5. The molecule has 0 aromatic heterocycles. The summed E-state index contributed by atoms with van der Waals surface area (Å²) in [6, 6.07) is 31.2. The molecule has 5 rings (SSSR count). The molecule has 1 aliphatic heterocycles. The van der Waals surface area contributed by atoms with Crippen LogP contribution >= 0.6 is 0 Å². The largest absolute Gasteiger partial charge is 0.392 e. The van der Waals surface area contributed by atoms with Gasteiger partial charge in [-0.3, -0.25) is 4.90 Å². The fourth-order valence-corrected chi connectivity index (χ4v) is 5.69. The molecule has 0 saturated carbocycles. The van der Waals surface area contributed by atoms with E-state index in [1.165, 1.54) is 16.3 Å². The summed E-state index contributed by atoms with van der Waals surface area (Å²) in [5, 5.41) is 17.7. The number of amides is 2. The molecule has 1 aliphatic rings. The molecule has 43 heavy (non-hydrogen) atoms. The van der Waals surface area contributed by atoms with Crippen LogP contribution in [0.15, 0.2) is 91.0 Å². The van der Waals surface area contributed by atoms with Crippen molar-refractivity contribution in [3.63, 3.8) is 0 Å². The molecular weight excluding hydrogens is 538 g/mol. The summed E-state index contributed by atoms with van der Waals surface area (Å²) in [7, 11) is 2.15. The van der Waals surface area contributed by atoms with Gasteiger partial charge in [0.15, 0.2) is 6.29 Å². The smallest absolute Gasteiger partial charge is 0.315 e. The SMILES string of the molecule is CCNC(=O)NCc1ccc([C@@H]2O[C@H](CN(C)[C@H](C)c3ccc4ccccc4c3)[C@H](C)[C@H](c3ccc(CO)cc3)O2)cc1. The first kappa shape index (κ1) is 30.7. The van der Waals surface area contributed by atoms with Crippen molar-refractivity contribution in [2.24, 2.45) is 5.92 Å². The molecule has 1 saturated heterocycles. The van der Waals surface area contributed by atoms with Crippen molar-refractivity contribution in [3.8, 4) is 0 Å². The summed E-state index contributed by atoms with van der Waals surface area (Å²) in [6.45, 7) is 8.09. The van der Waals surface area contributed by atoms with Crippen LogP contribution in [-0.4, -0.2) is 42.3 Å². The first-order chi connectivity index (χ1) is 20.9. The van der Waals surface area contributed by atoms with Crippen molar-refractivity contribution in [2.45, 2.75) is 58.5 Å². The number of nitrogens with one attached hydrogen (secondary N) is 2. The number of hydrogen-bond acceptors (Lipinski definition) is 5. The Balaban J connectivity index is 1.35. The second-order valence-electron chi connectivity index (χ2n) is 11.5. The van der Waals surface area contributed by atoms with Gasteiger partial charge in [-0.15, -0.1) is 0 Å². The Labute approximate surface area is 254 Å². The second-order valence-corrected chi connectivity index (χ2v) is 11.5. The third-order valence-electron chi connectivity index (χ3n) is 8.55. The number of aliphatic hydroxyl groups excluding tert-OH is 1. The average molecular weight is 582 g/mol. The maximum absolute atomic E-state index is 11.8. The number of benzene rings is 4. The molecule has 226 valence electrons. The van der Waals surface area contributed by atoms with Crippen molar-refractivity contribution in [2.75, 3.05) is 20.1 Å². The van der Waals surface area contributed by atoms with Crippen LogP contribution in [-0.2, 0) is 22.6 Å². The normalized spacial score (nSPS) is 21.1. The quantitative estimate of drug-likeness (QED) is 0.196. The fraction of sp³-hybridized carbons (Fsp3) is 0.361. The van der Waals surface area contributed by atoms with Crippen LogP contribution in [0.4, 0.5) is 4.79 Å². The van der Waals surface area contributed by atoms with Gasteiger partial charge in [-0.25, -0.2) is 4.79 Å². The van der Waals surface area contributed by atoms with Gasteiger partial charge in [-0.1, -0.05) is 91.9 Å². The van der Waals surface area contributed by atoms with Crippen molar-refractivity contribution in [3.05, 3.63) is 119 Å². The average Bonchev–Trinajstić information content (AvgIpc) is 3.04. The third kappa shape index (κ3) is 7.43. The molecule has 0 bridgehead atoms. The van der Waals surface area contributed by atoms with E-state index in [1.54, 1.807) is 0 Å². The number of carbonyl (C=O) groups excluding carboxylic acids is 1. The van der Waals surface area contributed by atoms with Crippen molar-refractivity contribution in [1.29, 1.82) is 0 Å². The van der Waals surface area contributed by atoms with Crippen molar-refractivity contribution in [1.82, 2.24) is 15.5 Å². The van der Waals surface area contributed by atoms with E-state index in [4.69, 9.17) is 9.47 Å². The van der Waals surface area contributed by atoms with Gasteiger partial charge in [0.2, 0.25) is 0 Å². The van der Waals surface area contributed by atoms with Crippen molar-refractivity contribution >= 4 is 16.8 Å². The van der Waals surface area contributed by atoms with Gasteiger partial charge in [0.25, 0.3) is 0 Å². The Bertz CT molecular complexity index is 1490. The number of carbonyl (C=O) groups is 1. The zero-order valence-corrected chi connectivity index (χ0v) is 25.5. The second kappa shape index (κ2) is 14.1. The monoisotopic (exact) mass is 581 g/mol. The number of likely N-dealkylation sites (N-methyl/N-ethyl adjacent to an activating group) is 1. The Hall–Kier alpha value is -3.75. The molecule has 4 aromatic carbocycles. The number of ether oxygens (including phenoxy) is 2. The first-order valence-corrected chi connectivity index (χ1v) is 15.2. The molecule has 0 spiro atoms. The lowest BCUT2D eigenvalue weighted by Crippen LogP contribution is -2.44. The summed E-state index contributed by atoms with van der Waals surface area (Å²) in [4.78, 5) is 14.2. The minimum Gasteiger partial charge on any atom is -0.392 e. The highest BCUT2D eigenvalue weighted by Crippen LogP contribution is 2.42. The van der Waals surface area contributed by atoms with E-state index in [9.17, 15) is 9.90 Å². The standard InChI is InChI=1S/C36H43N3O4/c1-5-37-36(41)38-21-26-10-16-30(17-11-26)35-42-33(24(2)34(43-35)29-14-12-27(23-40)13-15-29)22-39(4)25(3)31-19-18-28-8-6-7-9-32(28)20-31/h6-20,24-25,33-35,40H,5,21-23H2,1-4H3,(H2,37,38,41)/t24-,25+,33+,34+,35+/m0/s1. The Kier molecular flexibility index (Phi) is 10.1. The molecule has 3 N–H and O–H groups in total. The number of hydrogen-bond donors (Lipinski definition) is 3. The van der Waals surface area contributed by atoms with Gasteiger partial charge in [-0.2, -0.15) is 0 Å². The van der Waals surface area contributed by atoms with E-state index in [-0.39, 0.29) is 36.8 Å². The number of urea groups is 1. The first-order valence-electron chi connectivity index (χ1n) is 15.2. The summed E-state index contributed by atoms with van der Waals surface area (Å²) in [5.74, 6) is 0.0861. The summed E-state index contributed by atoms with van der Waals surface area (Å²) in [6.07, 6.45) is -0.813. The summed E-state index contributed by atoms with van der Waals surface area (Å²) < 4.78 is 13.3. The molecule has 2 amide bonds. The molecule has 0 aliphatic carbocycles. The van der Waals surface area contributed by atoms with E-state index in [0.717, 1.165) is 28.8 Å². The Morgan fingerprint density at radius 2 is 1.56 bits per heavy atom. The molecule has 1 fully saturated rings. The summed E-state index contributed by atoms with van der Waals surface area (Å²) >= 11 is 0. The number of rotatable bonds is 10. The van der Waals surface area contributed by atoms with E-state index >= 15 is 0 Å². The molecule has 0 unspecified atom stereocenters. The highest BCUT2D eigenvalue weighted by Gasteiger charge is 2.39. The van der Waals surface area contributed by atoms with Crippen LogP contribution in [0.5, 0.6) is 0 Å². The lowest BCUT2D eigenvalue weighted by Gasteiger charge is -2.43. The lowest BCUT2D eigenvalue weighted by atomic mass is 9.89. The van der Waals surface area contributed by atoms with Crippen LogP contribution in [0.25, 0.3) is 10.8 Å². The molecule has 1 heterocycles. The van der Waals surface area contributed by atoms with Crippen LogP contribution in [0.1, 0.15) is 67.0 Å². The number of aliphatic hydroxyl groups is 1. The maximum atomic E-state index is 11.8. The van der Waals surface area contributed by atoms with Crippen LogP contribution in [0.3, 0.4) is 0 Å². The van der Waals surface area contributed by atoms with Crippen LogP contribution in [0.2, 0.25) is 0 Å². The fourth-order valence-electron chi connectivity index (χ4n) is 5.69. The van der Waals surface area contributed by atoms with Crippen molar-refractivity contribution < 1.29 is 19.4 Å². The molecule has 7 nitrogen and oxygen atoms in total. The van der Waals surface area contributed by atoms with E-state index < -0.39 is 6.29 Å². The number of fused-ring (bicyclic) bond motifs is 1.